The molecule has 0 radical (unpaired) electrons. The van der Waals surface area contributed by atoms with E-state index in [1.807, 2.05) is 45.0 Å². The smallest absolute Gasteiger partial charge is 0.305 e. The van der Waals surface area contributed by atoms with E-state index < -0.39 is 9.84 Å². The van der Waals surface area contributed by atoms with Gasteiger partial charge in [-0.1, -0.05) is 37.3 Å². The van der Waals surface area contributed by atoms with Crippen molar-refractivity contribution in [2.75, 3.05) is 13.7 Å². The van der Waals surface area contributed by atoms with Gasteiger partial charge in [-0.3, -0.25) is 4.79 Å². The van der Waals surface area contributed by atoms with Gasteiger partial charge in [0.05, 0.1) is 24.7 Å². The molecule has 0 aromatic heterocycles. The fraction of sp³-hybridized carbons (Fsp3) is 0.345. The topological polar surface area (TPSA) is 78.9 Å². The lowest BCUT2D eigenvalue weighted by Crippen LogP contribution is -2.17. The molecule has 0 aliphatic carbocycles. The predicted molar refractivity (Wildman–Crippen MR) is 139 cm³/mol. The maximum absolute atomic E-state index is 13.3. The highest BCUT2D eigenvalue weighted by Crippen LogP contribution is 2.32. The fourth-order valence-corrected chi connectivity index (χ4v) is 5.26. The molecule has 3 rings (SSSR count). The summed E-state index contributed by atoms with van der Waals surface area (Å²) < 4.78 is 43.4. The first kappa shape index (κ1) is 27.3. The molecule has 0 fully saturated rings. The Hall–Kier alpha value is -3.32. The number of esters is 1. The Morgan fingerprint density at radius 2 is 1.75 bits per heavy atom. The van der Waals surface area contributed by atoms with Gasteiger partial charge in [0.1, 0.15) is 16.4 Å². The van der Waals surface area contributed by atoms with Gasteiger partial charge in [-0.15, -0.1) is 0 Å². The van der Waals surface area contributed by atoms with E-state index >= 15 is 0 Å². The zero-order chi connectivity index (χ0) is 26.1. The number of carbonyl (C=O) groups excluding carboxylic acids is 1. The summed E-state index contributed by atoms with van der Waals surface area (Å²) in [6.45, 7) is 6.29. The Morgan fingerprint density at radius 1 is 1.00 bits per heavy atom. The second kappa shape index (κ2) is 12.6. The Bertz CT molecular complexity index is 1270. The molecule has 1 unspecified atom stereocenters. The first-order chi connectivity index (χ1) is 17.2. The molecule has 0 heterocycles. The molecule has 0 aliphatic heterocycles. The Kier molecular flexibility index (Phi) is 9.53. The van der Waals surface area contributed by atoms with Crippen LogP contribution in [0, 0.1) is 6.92 Å². The maximum Gasteiger partial charge on any atom is 0.305 e. The Balaban J connectivity index is 1.64. The highest BCUT2D eigenvalue weighted by atomic mass is 32.2. The molecule has 3 aromatic rings. The minimum atomic E-state index is -3.72. The Labute approximate surface area is 214 Å². The number of sulfone groups is 1. The molecule has 36 heavy (non-hydrogen) atoms. The number of hydrogen-bond donors (Lipinski definition) is 0. The summed E-state index contributed by atoms with van der Waals surface area (Å²) >= 11 is 0. The number of benzene rings is 3. The summed E-state index contributed by atoms with van der Waals surface area (Å²) in [5, 5.41) is 0. The number of hydrogen-bond acceptors (Lipinski definition) is 6. The number of methoxy groups -OCH3 is 1. The van der Waals surface area contributed by atoms with Crippen LogP contribution in [-0.4, -0.2) is 34.2 Å². The number of ether oxygens (including phenoxy) is 3. The van der Waals surface area contributed by atoms with Crippen LogP contribution in [-0.2, 0) is 32.2 Å². The number of carbonyl (C=O) groups is 1. The van der Waals surface area contributed by atoms with Gasteiger partial charge in [-0.25, -0.2) is 8.42 Å². The van der Waals surface area contributed by atoms with Gasteiger partial charge < -0.3 is 14.2 Å². The van der Waals surface area contributed by atoms with Crippen LogP contribution in [0.25, 0.3) is 0 Å². The van der Waals surface area contributed by atoms with Crippen molar-refractivity contribution >= 4 is 15.8 Å². The minimum absolute atomic E-state index is 0.180. The lowest BCUT2D eigenvalue weighted by Gasteiger charge is -2.19. The standard InChI is InChI=1S/C29H34O6S/c1-5-23-11-15-27(28(20-23)36(31,32)26-9-7-6-8-10-26)35-22(3)17-18-34-25-14-12-24(21(2)19-25)13-16-29(30)33-4/h6-12,14-15,19-20,22H,5,13,16-18H2,1-4H3. The van der Waals surface area contributed by atoms with Crippen molar-refractivity contribution in [1.82, 2.24) is 0 Å². The van der Waals surface area contributed by atoms with Gasteiger partial charge in [0.25, 0.3) is 0 Å². The molecular weight excluding hydrogens is 476 g/mol. The highest BCUT2D eigenvalue weighted by molar-refractivity contribution is 7.91. The third kappa shape index (κ3) is 7.10. The van der Waals surface area contributed by atoms with E-state index in [4.69, 9.17) is 14.2 Å². The van der Waals surface area contributed by atoms with Crippen molar-refractivity contribution < 1.29 is 27.4 Å². The van der Waals surface area contributed by atoms with Crippen LogP contribution >= 0.6 is 0 Å². The van der Waals surface area contributed by atoms with Gasteiger partial charge in [-0.05, 0) is 79.8 Å². The van der Waals surface area contributed by atoms with Crippen LogP contribution in [0.15, 0.2) is 76.5 Å². The van der Waals surface area contributed by atoms with E-state index in [9.17, 15) is 13.2 Å². The third-order valence-corrected chi connectivity index (χ3v) is 7.81. The molecule has 192 valence electrons. The van der Waals surface area contributed by atoms with Crippen molar-refractivity contribution in [1.29, 1.82) is 0 Å². The fourth-order valence-electron chi connectivity index (χ4n) is 3.80. The van der Waals surface area contributed by atoms with Crippen molar-refractivity contribution in [2.45, 2.75) is 62.3 Å². The second-order valence-electron chi connectivity index (χ2n) is 8.68. The van der Waals surface area contributed by atoms with E-state index in [1.54, 1.807) is 42.5 Å². The molecule has 6 nitrogen and oxygen atoms in total. The van der Waals surface area contributed by atoms with Crippen LogP contribution < -0.4 is 9.47 Å². The van der Waals surface area contributed by atoms with Crippen molar-refractivity contribution in [2.24, 2.45) is 0 Å². The van der Waals surface area contributed by atoms with E-state index in [0.29, 0.717) is 31.6 Å². The van der Waals surface area contributed by atoms with Gasteiger partial charge in [0.2, 0.25) is 9.84 Å². The molecule has 0 spiro atoms. The maximum atomic E-state index is 13.3. The molecule has 7 heteroatoms. The molecular formula is C29H34O6S. The third-order valence-electron chi connectivity index (χ3n) is 6.02. The zero-order valence-corrected chi connectivity index (χ0v) is 22.1. The molecule has 0 amide bonds. The molecule has 0 saturated carbocycles. The first-order valence-electron chi connectivity index (χ1n) is 12.1. The van der Waals surface area contributed by atoms with Gasteiger partial charge >= 0.3 is 5.97 Å². The highest BCUT2D eigenvalue weighted by Gasteiger charge is 2.23. The lowest BCUT2D eigenvalue weighted by atomic mass is 10.0. The normalized spacial score (nSPS) is 12.1. The van der Waals surface area contributed by atoms with E-state index in [2.05, 4.69) is 0 Å². The largest absolute Gasteiger partial charge is 0.493 e. The lowest BCUT2D eigenvalue weighted by molar-refractivity contribution is -0.140. The molecule has 0 bridgehead atoms. The SMILES string of the molecule is CCc1ccc(OC(C)CCOc2ccc(CCC(=O)OC)c(C)c2)c(S(=O)(=O)c2ccccc2)c1. The zero-order valence-electron chi connectivity index (χ0n) is 21.3. The molecule has 3 aromatic carbocycles. The predicted octanol–water partition coefficient (Wildman–Crippen LogP) is 5.73. The van der Waals surface area contributed by atoms with Crippen LogP contribution in [0.4, 0.5) is 0 Å². The summed E-state index contributed by atoms with van der Waals surface area (Å²) in [7, 11) is -2.33. The monoisotopic (exact) mass is 510 g/mol. The van der Waals surface area contributed by atoms with Gasteiger partial charge in [0.15, 0.2) is 0 Å². The number of aryl methyl sites for hydroxylation is 3. The average Bonchev–Trinajstić information content (AvgIpc) is 2.88. The molecule has 0 saturated heterocycles. The van der Waals surface area contributed by atoms with Gasteiger partial charge in [0, 0.05) is 12.8 Å². The van der Waals surface area contributed by atoms with E-state index in [0.717, 1.165) is 28.9 Å². The quantitative estimate of drug-likeness (QED) is 0.290. The second-order valence-corrected chi connectivity index (χ2v) is 10.6. The van der Waals surface area contributed by atoms with Crippen molar-refractivity contribution in [3.05, 3.63) is 83.4 Å². The van der Waals surface area contributed by atoms with Crippen molar-refractivity contribution in [3.8, 4) is 11.5 Å². The average molecular weight is 511 g/mol. The van der Waals surface area contributed by atoms with Crippen LogP contribution in [0.3, 0.4) is 0 Å². The molecule has 0 aliphatic rings. The van der Waals surface area contributed by atoms with Crippen molar-refractivity contribution in [3.63, 3.8) is 0 Å². The summed E-state index contributed by atoms with van der Waals surface area (Å²) in [6, 6.07) is 19.5. The Morgan fingerprint density at radius 3 is 2.42 bits per heavy atom. The van der Waals surface area contributed by atoms with E-state index in [-0.39, 0.29) is 21.9 Å². The van der Waals surface area contributed by atoms with E-state index in [1.165, 1.54) is 7.11 Å². The van der Waals surface area contributed by atoms with Gasteiger partial charge in [-0.2, -0.15) is 0 Å². The molecule has 0 N–H and O–H groups in total. The minimum Gasteiger partial charge on any atom is -0.493 e. The summed E-state index contributed by atoms with van der Waals surface area (Å²) in [5.74, 6) is 0.850. The van der Waals surface area contributed by atoms with Crippen LogP contribution in [0.1, 0.15) is 43.4 Å². The summed E-state index contributed by atoms with van der Waals surface area (Å²) in [5.41, 5.74) is 3.05. The van der Waals surface area contributed by atoms with Crippen LogP contribution in [0.5, 0.6) is 11.5 Å². The first-order valence-corrected chi connectivity index (χ1v) is 13.6. The van der Waals surface area contributed by atoms with Crippen LogP contribution in [0.2, 0.25) is 0 Å². The number of rotatable bonds is 12. The summed E-state index contributed by atoms with van der Waals surface area (Å²) in [4.78, 5) is 11.8. The summed E-state index contributed by atoms with van der Waals surface area (Å²) in [6.07, 6.45) is 2.00. The molecule has 1 atom stereocenters.